The molecule has 1 rings (SSSR count). The van der Waals surface area contributed by atoms with Gasteiger partial charge in [0, 0.05) is 7.11 Å². The highest BCUT2D eigenvalue weighted by Crippen LogP contribution is 2.25. The molecular formula is C7H13IO6. The van der Waals surface area contributed by atoms with Gasteiger partial charge in [-0.05, 0) is 22.6 Å². The van der Waals surface area contributed by atoms with E-state index in [0.717, 1.165) is 0 Å². The first-order valence-electron chi connectivity index (χ1n) is 4.03. The molecule has 0 amide bonds. The Labute approximate surface area is 94.6 Å². The van der Waals surface area contributed by atoms with Gasteiger partial charge in [-0.25, -0.2) is 0 Å². The smallest absolute Gasteiger partial charge is 0.186 e. The predicted molar refractivity (Wildman–Crippen MR) is 53.7 cm³/mol. The van der Waals surface area contributed by atoms with Gasteiger partial charge in [-0.1, -0.05) is 0 Å². The van der Waals surface area contributed by atoms with Crippen LogP contribution in [0.15, 0.2) is 0 Å². The highest BCUT2D eigenvalue weighted by atomic mass is 127. The van der Waals surface area contributed by atoms with Gasteiger partial charge < -0.3 is 29.9 Å². The molecule has 0 aromatic heterocycles. The van der Waals surface area contributed by atoms with Crippen molar-refractivity contribution in [2.24, 2.45) is 0 Å². The molecule has 1 saturated heterocycles. The number of hydrogen-bond acceptors (Lipinski definition) is 6. The van der Waals surface area contributed by atoms with Gasteiger partial charge in [0.25, 0.3) is 0 Å². The van der Waals surface area contributed by atoms with Crippen LogP contribution in [-0.4, -0.2) is 62.4 Å². The first kappa shape index (κ1) is 12.6. The van der Waals surface area contributed by atoms with Crippen molar-refractivity contribution in [1.82, 2.24) is 0 Å². The van der Waals surface area contributed by atoms with Crippen LogP contribution in [-0.2, 0) is 9.47 Å². The molecule has 14 heavy (non-hydrogen) atoms. The van der Waals surface area contributed by atoms with Gasteiger partial charge >= 0.3 is 0 Å². The minimum absolute atomic E-state index is 0.973. The highest BCUT2D eigenvalue weighted by Gasteiger charge is 2.45. The van der Waals surface area contributed by atoms with E-state index in [9.17, 15) is 20.4 Å². The molecule has 0 aliphatic carbocycles. The third kappa shape index (κ3) is 2.35. The molecule has 1 aliphatic heterocycles. The van der Waals surface area contributed by atoms with Crippen LogP contribution in [0.5, 0.6) is 0 Å². The Bertz CT molecular complexity index is 187. The number of rotatable bonds is 2. The molecule has 0 saturated carbocycles. The minimum atomic E-state index is -1.39. The molecule has 4 N–H and O–H groups in total. The molecule has 0 bridgehead atoms. The summed E-state index contributed by atoms with van der Waals surface area (Å²) in [5.74, 6) is 0. The van der Waals surface area contributed by atoms with Gasteiger partial charge in [-0.2, -0.15) is 0 Å². The van der Waals surface area contributed by atoms with Crippen molar-refractivity contribution in [2.75, 3.05) is 7.11 Å². The van der Waals surface area contributed by atoms with Crippen LogP contribution in [0.25, 0.3) is 0 Å². The van der Waals surface area contributed by atoms with Gasteiger partial charge in [0.05, 0.1) is 0 Å². The standard InChI is InChI=1S/C7H13IO6/c1-13-7-4(11)2(9)3(10)5(14-7)6(8)12/h2-7,9-12H,1H3/t2-,3-,4+,5-,6?,7+/m0/s1. The Morgan fingerprint density at radius 1 is 1.21 bits per heavy atom. The fourth-order valence-electron chi connectivity index (χ4n) is 1.30. The highest BCUT2D eigenvalue weighted by molar-refractivity contribution is 14.1. The number of alkyl halides is 1. The Kier molecular flexibility index (Phi) is 4.50. The van der Waals surface area contributed by atoms with Crippen LogP contribution in [0, 0.1) is 0 Å². The summed E-state index contributed by atoms with van der Waals surface area (Å²) < 4.78 is 8.81. The maximum atomic E-state index is 9.44. The molecule has 7 heteroatoms. The summed E-state index contributed by atoms with van der Waals surface area (Å²) in [5.41, 5.74) is 0. The predicted octanol–water partition coefficient (Wildman–Crippen LogP) is -1.81. The summed E-state index contributed by atoms with van der Waals surface area (Å²) in [7, 11) is 1.30. The normalized spacial score (nSPS) is 46.3. The van der Waals surface area contributed by atoms with E-state index < -0.39 is 34.8 Å². The maximum absolute atomic E-state index is 9.44. The molecule has 6 atom stereocenters. The van der Waals surface area contributed by atoms with E-state index in [4.69, 9.17) is 9.47 Å². The van der Waals surface area contributed by atoms with Crippen molar-refractivity contribution in [3.63, 3.8) is 0 Å². The van der Waals surface area contributed by atoms with Crippen LogP contribution < -0.4 is 0 Å². The average Bonchev–Trinajstić information content (AvgIpc) is 2.14. The Hall–Kier alpha value is 0.490. The van der Waals surface area contributed by atoms with E-state index in [1.54, 1.807) is 22.6 Å². The zero-order chi connectivity index (χ0) is 10.9. The average molecular weight is 320 g/mol. The molecule has 6 nitrogen and oxygen atoms in total. The summed E-state index contributed by atoms with van der Waals surface area (Å²) >= 11 is 1.64. The first-order chi connectivity index (χ1) is 6.49. The molecular weight excluding hydrogens is 307 g/mol. The van der Waals surface area contributed by atoms with Gasteiger partial charge in [0.2, 0.25) is 0 Å². The number of hydrogen-bond donors (Lipinski definition) is 4. The lowest BCUT2D eigenvalue weighted by molar-refractivity contribution is -0.296. The summed E-state index contributed by atoms with van der Waals surface area (Å²) in [6, 6.07) is 0. The first-order valence-corrected chi connectivity index (χ1v) is 5.28. The number of aliphatic hydroxyl groups excluding tert-OH is 4. The summed E-state index contributed by atoms with van der Waals surface area (Å²) in [6.45, 7) is 0. The lowest BCUT2D eigenvalue weighted by Gasteiger charge is -2.40. The van der Waals surface area contributed by atoms with Crippen LogP contribution in [0.2, 0.25) is 0 Å². The second kappa shape index (κ2) is 5.01. The SMILES string of the molecule is CO[C@@H]1O[C@H](C(O)I)[C@@H](O)[C@H](O)[C@H]1O. The van der Waals surface area contributed by atoms with Gasteiger partial charge in [0.15, 0.2) is 6.29 Å². The molecule has 1 unspecified atom stereocenters. The number of aliphatic hydroxyl groups is 4. The van der Waals surface area contributed by atoms with E-state index in [0.29, 0.717) is 0 Å². The van der Waals surface area contributed by atoms with E-state index in [1.165, 1.54) is 7.11 Å². The Morgan fingerprint density at radius 3 is 2.21 bits per heavy atom. The fourth-order valence-corrected chi connectivity index (χ4v) is 1.89. The van der Waals surface area contributed by atoms with Gasteiger partial charge in [-0.3, -0.25) is 0 Å². The van der Waals surface area contributed by atoms with Crippen LogP contribution >= 0.6 is 22.6 Å². The number of methoxy groups -OCH3 is 1. The summed E-state index contributed by atoms with van der Waals surface area (Å²) in [5, 5.41) is 37.4. The zero-order valence-corrected chi connectivity index (χ0v) is 9.60. The lowest BCUT2D eigenvalue weighted by Crippen LogP contribution is -2.60. The van der Waals surface area contributed by atoms with Crippen molar-refractivity contribution in [3.8, 4) is 0 Å². The van der Waals surface area contributed by atoms with Gasteiger partial charge in [0.1, 0.15) is 28.5 Å². The van der Waals surface area contributed by atoms with E-state index >= 15 is 0 Å². The summed E-state index contributed by atoms with van der Waals surface area (Å²) in [4.78, 5) is 0. The minimum Gasteiger partial charge on any atom is -0.387 e. The molecule has 0 aromatic carbocycles. The van der Waals surface area contributed by atoms with Crippen molar-refractivity contribution >= 4 is 22.6 Å². The third-order valence-electron chi connectivity index (χ3n) is 2.11. The van der Waals surface area contributed by atoms with E-state index in [-0.39, 0.29) is 0 Å². The van der Waals surface area contributed by atoms with Crippen LogP contribution in [0.3, 0.4) is 0 Å². The molecule has 1 aliphatic rings. The molecule has 1 heterocycles. The monoisotopic (exact) mass is 320 g/mol. The van der Waals surface area contributed by atoms with Crippen molar-refractivity contribution < 1.29 is 29.9 Å². The second-order valence-corrected chi connectivity index (χ2v) is 4.33. The zero-order valence-electron chi connectivity index (χ0n) is 7.45. The largest absolute Gasteiger partial charge is 0.387 e. The van der Waals surface area contributed by atoms with Crippen molar-refractivity contribution in [2.45, 2.75) is 34.8 Å². The number of halogens is 1. The summed E-state index contributed by atoms with van der Waals surface area (Å²) in [6.07, 6.45) is -6.05. The van der Waals surface area contributed by atoms with E-state index in [2.05, 4.69) is 0 Å². The molecule has 0 aromatic rings. The molecule has 0 radical (unpaired) electrons. The topological polar surface area (TPSA) is 99.4 Å². The maximum Gasteiger partial charge on any atom is 0.186 e. The molecule has 1 fully saturated rings. The lowest BCUT2D eigenvalue weighted by atomic mass is 9.99. The second-order valence-electron chi connectivity index (χ2n) is 3.05. The molecule has 0 spiro atoms. The quantitative estimate of drug-likeness (QED) is 0.354. The third-order valence-corrected chi connectivity index (χ3v) is 2.82. The Balaban J connectivity index is 2.73. The van der Waals surface area contributed by atoms with Crippen LogP contribution in [0.1, 0.15) is 0 Å². The van der Waals surface area contributed by atoms with Crippen molar-refractivity contribution in [1.29, 1.82) is 0 Å². The van der Waals surface area contributed by atoms with Gasteiger partial charge in [-0.15, -0.1) is 0 Å². The molecule has 84 valence electrons. The van der Waals surface area contributed by atoms with Crippen molar-refractivity contribution in [3.05, 3.63) is 0 Å². The van der Waals surface area contributed by atoms with E-state index in [1.807, 2.05) is 0 Å². The number of ether oxygens (including phenoxy) is 2. The Morgan fingerprint density at radius 2 is 1.79 bits per heavy atom. The van der Waals surface area contributed by atoms with Crippen LogP contribution in [0.4, 0.5) is 0 Å². The fraction of sp³-hybridized carbons (Fsp3) is 1.00.